The third-order valence-electron chi connectivity index (χ3n) is 3.25. The zero-order valence-electron chi connectivity index (χ0n) is 11.2. The Morgan fingerprint density at radius 1 is 0.800 bits per heavy atom. The highest BCUT2D eigenvalue weighted by Gasteiger charge is 2.06. The van der Waals surface area contributed by atoms with Crippen LogP contribution in [0.2, 0.25) is 0 Å². The lowest BCUT2D eigenvalue weighted by atomic mass is 9.91. The van der Waals surface area contributed by atoms with Gasteiger partial charge >= 0.3 is 0 Å². The molecule has 0 aliphatic carbocycles. The number of hydrogen-bond acceptors (Lipinski definition) is 0. The molecule has 0 fully saturated rings. The van der Waals surface area contributed by atoms with Crippen LogP contribution >= 0.6 is 0 Å². The van der Waals surface area contributed by atoms with Crippen molar-refractivity contribution in [1.82, 2.24) is 0 Å². The van der Waals surface area contributed by atoms with Gasteiger partial charge in [-0.15, -0.1) is 0 Å². The van der Waals surface area contributed by atoms with E-state index in [0.29, 0.717) is 0 Å². The topological polar surface area (TPSA) is 0 Å². The number of hydrogen-bond donors (Lipinski definition) is 0. The van der Waals surface area contributed by atoms with Gasteiger partial charge in [0.25, 0.3) is 0 Å². The van der Waals surface area contributed by atoms with Gasteiger partial charge in [-0.3, -0.25) is 0 Å². The molecule has 91 valence electrons. The fourth-order valence-electron chi connectivity index (χ4n) is 2.24. The molecule has 0 spiro atoms. The van der Waals surface area contributed by atoms with Crippen molar-refractivity contribution in [3.05, 3.63) is 6.42 Å². The first kappa shape index (κ1) is 15.0. The van der Waals surface area contributed by atoms with Crippen LogP contribution in [0.1, 0.15) is 85.0 Å². The van der Waals surface area contributed by atoms with E-state index < -0.39 is 0 Å². The Balaban J connectivity index is 3.38. The molecular formula is C15H31. The van der Waals surface area contributed by atoms with Gasteiger partial charge in [-0.25, -0.2) is 0 Å². The molecule has 0 heteroatoms. The lowest BCUT2D eigenvalue weighted by Crippen LogP contribution is -2.00. The fraction of sp³-hybridized carbons (Fsp3) is 0.933. The number of unbranched alkanes of at least 4 members (excludes halogenated alkanes) is 5. The van der Waals surface area contributed by atoms with Gasteiger partial charge in [0, 0.05) is 0 Å². The summed E-state index contributed by atoms with van der Waals surface area (Å²) in [4.78, 5) is 0. The van der Waals surface area contributed by atoms with E-state index in [1.807, 2.05) is 0 Å². The van der Waals surface area contributed by atoms with Gasteiger partial charge in [-0.2, -0.15) is 0 Å². The van der Waals surface area contributed by atoms with E-state index in [-0.39, 0.29) is 0 Å². The van der Waals surface area contributed by atoms with Crippen LogP contribution in [0.3, 0.4) is 0 Å². The second kappa shape index (κ2) is 12.1. The van der Waals surface area contributed by atoms with Gasteiger partial charge in [0.1, 0.15) is 0 Å². The Bertz CT molecular complexity index is 107. The summed E-state index contributed by atoms with van der Waals surface area (Å²) in [6.45, 7) is 6.79. The van der Waals surface area contributed by atoms with E-state index in [1.54, 1.807) is 0 Å². The predicted octanol–water partition coefficient (Wildman–Crippen LogP) is 5.77. The third kappa shape index (κ3) is 10.3. The minimum Gasteiger partial charge on any atom is -0.0654 e. The molecule has 0 aromatic rings. The van der Waals surface area contributed by atoms with Crippen molar-refractivity contribution in [2.24, 2.45) is 5.92 Å². The molecule has 0 aliphatic rings. The number of rotatable bonds is 11. The predicted molar refractivity (Wildman–Crippen MR) is 71.0 cm³/mol. The summed E-state index contributed by atoms with van der Waals surface area (Å²) in [7, 11) is 0. The summed E-state index contributed by atoms with van der Waals surface area (Å²) < 4.78 is 0. The van der Waals surface area contributed by atoms with E-state index in [1.165, 1.54) is 64.2 Å². The van der Waals surface area contributed by atoms with E-state index in [0.717, 1.165) is 5.92 Å². The molecule has 0 saturated heterocycles. The minimum absolute atomic E-state index is 0.983. The largest absolute Gasteiger partial charge is 0.0654 e. The summed E-state index contributed by atoms with van der Waals surface area (Å²) in [5.74, 6) is 0.983. The molecule has 0 amide bonds. The third-order valence-corrected chi connectivity index (χ3v) is 3.25. The molecule has 0 nitrogen and oxygen atoms in total. The van der Waals surface area contributed by atoms with Crippen molar-refractivity contribution in [1.29, 1.82) is 0 Å². The Hall–Kier alpha value is 0. The molecule has 0 aliphatic heterocycles. The molecule has 1 atom stereocenters. The van der Waals surface area contributed by atoms with Crippen molar-refractivity contribution in [3.63, 3.8) is 0 Å². The Labute approximate surface area is 97.8 Å². The summed E-state index contributed by atoms with van der Waals surface area (Å²) in [5, 5.41) is 0. The lowest BCUT2D eigenvalue weighted by molar-refractivity contribution is 0.406. The second-order valence-electron chi connectivity index (χ2n) is 4.86. The monoisotopic (exact) mass is 211 g/mol. The first-order chi connectivity index (χ1) is 7.35. The lowest BCUT2D eigenvalue weighted by Gasteiger charge is -2.15. The highest BCUT2D eigenvalue weighted by molar-refractivity contribution is 4.67. The zero-order valence-corrected chi connectivity index (χ0v) is 11.2. The summed E-state index contributed by atoms with van der Waals surface area (Å²) >= 11 is 0. The minimum atomic E-state index is 0.983. The van der Waals surface area contributed by atoms with Crippen molar-refractivity contribution in [2.45, 2.75) is 85.0 Å². The second-order valence-corrected chi connectivity index (χ2v) is 4.86. The van der Waals surface area contributed by atoms with Crippen molar-refractivity contribution >= 4 is 0 Å². The van der Waals surface area contributed by atoms with Gasteiger partial charge in [0.2, 0.25) is 0 Å². The average Bonchev–Trinajstić information content (AvgIpc) is 2.25. The van der Waals surface area contributed by atoms with Crippen molar-refractivity contribution < 1.29 is 0 Å². The van der Waals surface area contributed by atoms with E-state index in [2.05, 4.69) is 27.2 Å². The van der Waals surface area contributed by atoms with Crippen LogP contribution in [0.5, 0.6) is 0 Å². The van der Waals surface area contributed by atoms with E-state index >= 15 is 0 Å². The maximum Gasteiger partial charge on any atom is -0.0412 e. The molecule has 15 heavy (non-hydrogen) atoms. The van der Waals surface area contributed by atoms with Gasteiger partial charge in [-0.1, -0.05) is 78.6 Å². The van der Waals surface area contributed by atoms with E-state index in [9.17, 15) is 0 Å². The molecule has 0 bridgehead atoms. The molecule has 0 rings (SSSR count). The Kier molecular flexibility index (Phi) is 12.1. The van der Waals surface area contributed by atoms with Gasteiger partial charge in [-0.05, 0) is 18.8 Å². The first-order valence-electron chi connectivity index (χ1n) is 7.12. The van der Waals surface area contributed by atoms with Crippen LogP contribution in [0.4, 0.5) is 0 Å². The van der Waals surface area contributed by atoms with E-state index in [4.69, 9.17) is 0 Å². The standard InChI is InChI=1S/C15H31/c1-4-7-9-10-11-14-15(12-6-3)13-8-5-2/h6,15H,4-5,7-14H2,1-3H3. The SMILES string of the molecule is C[CH]CC(CCCC)CCCCCCC. The smallest absolute Gasteiger partial charge is 0.0412 e. The summed E-state index contributed by atoms with van der Waals surface area (Å²) in [5.41, 5.74) is 0. The van der Waals surface area contributed by atoms with Crippen LogP contribution in [-0.4, -0.2) is 0 Å². The van der Waals surface area contributed by atoms with Gasteiger partial charge in [0.15, 0.2) is 0 Å². The molecule has 1 radical (unpaired) electrons. The quantitative estimate of drug-likeness (QED) is 0.381. The zero-order chi connectivity index (χ0) is 11.4. The van der Waals surface area contributed by atoms with Crippen molar-refractivity contribution in [3.8, 4) is 0 Å². The molecule has 0 heterocycles. The summed E-state index contributed by atoms with van der Waals surface area (Å²) in [6.07, 6.45) is 16.6. The highest BCUT2D eigenvalue weighted by atomic mass is 14.1. The van der Waals surface area contributed by atoms with Gasteiger partial charge in [0.05, 0.1) is 0 Å². The van der Waals surface area contributed by atoms with Crippen LogP contribution in [0.15, 0.2) is 0 Å². The molecule has 0 aromatic carbocycles. The van der Waals surface area contributed by atoms with Gasteiger partial charge < -0.3 is 0 Å². The fourth-order valence-corrected chi connectivity index (χ4v) is 2.24. The molecule has 0 aromatic heterocycles. The molecule has 1 unspecified atom stereocenters. The highest BCUT2D eigenvalue weighted by Crippen LogP contribution is 2.21. The average molecular weight is 211 g/mol. The van der Waals surface area contributed by atoms with Crippen LogP contribution in [0, 0.1) is 12.3 Å². The van der Waals surface area contributed by atoms with Crippen LogP contribution in [0.25, 0.3) is 0 Å². The molecular weight excluding hydrogens is 180 g/mol. The van der Waals surface area contributed by atoms with Crippen LogP contribution in [-0.2, 0) is 0 Å². The maximum absolute atomic E-state index is 2.35. The normalized spacial score (nSPS) is 13.0. The molecule has 0 saturated carbocycles. The maximum atomic E-state index is 2.35. The van der Waals surface area contributed by atoms with Crippen molar-refractivity contribution in [2.75, 3.05) is 0 Å². The molecule has 0 N–H and O–H groups in total. The Morgan fingerprint density at radius 2 is 1.40 bits per heavy atom. The summed E-state index contributed by atoms with van der Waals surface area (Å²) in [6, 6.07) is 0. The Morgan fingerprint density at radius 3 is 2.00 bits per heavy atom. The first-order valence-corrected chi connectivity index (χ1v) is 7.12. The van der Waals surface area contributed by atoms with Crippen LogP contribution < -0.4 is 0 Å².